The van der Waals surface area contributed by atoms with Crippen LogP contribution in [0, 0.1) is 0 Å². The van der Waals surface area contributed by atoms with Gasteiger partial charge >= 0.3 is 5.97 Å². The zero-order valence-electron chi connectivity index (χ0n) is 11.5. The van der Waals surface area contributed by atoms with Crippen LogP contribution in [0.3, 0.4) is 0 Å². The molecule has 0 radical (unpaired) electrons. The van der Waals surface area contributed by atoms with Crippen molar-refractivity contribution in [2.75, 3.05) is 26.2 Å². The van der Waals surface area contributed by atoms with Crippen LogP contribution in [0.15, 0.2) is 0 Å². The maximum absolute atomic E-state index is 10.1. The van der Waals surface area contributed by atoms with E-state index in [-0.39, 0.29) is 0 Å². The molecule has 0 heterocycles. The summed E-state index contributed by atoms with van der Waals surface area (Å²) in [5.74, 6) is -0.933. The zero-order chi connectivity index (χ0) is 13.7. The second-order valence-corrected chi connectivity index (χ2v) is 3.85. The number of hydrogen-bond donors (Lipinski definition) is 3. The fourth-order valence-electron chi connectivity index (χ4n) is 1.30. The summed E-state index contributed by atoms with van der Waals surface area (Å²) in [6.45, 7) is 10.7. The van der Waals surface area contributed by atoms with Crippen LogP contribution in [0.2, 0.25) is 0 Å². The predicted octanol–water partition coefficient (Wildman–Crippen LogP) is 0.875. The molecule has 0 aliphatic rings. The number of carboxylic acids is 1. The van der Waals surface area contributed by atoms with E-state index < -0.39 is 12.0 Å². The van der Waals surface area contributed by atoms with Crippen molar-refractivity contribution in [3.8, 4) is 0 Å². The van der Waals surface area contributed by atoms with Crippen LogP contribution in [0.1, 0.15) is 40.0 Å². The Morgan fingerprint density at radius 3 is 1.88 bits per heavy atom. The first-order valence-electron chi connectivity index (χ1n) is 6.44. The first-order valence-corrected chi connectivity index (χ1v) is 6.44. The van der Waals surface area contributed by atoms with E-state index in [4.69, 9.17) is 16.6 Å². The van der Waals surface area contributed by atoms with Gasteiger partial charge in [0.05, 0.1) is 0 Å². The van der Waals surface area contributed by atoms with E-state index in [9.17, 15) is 4.79 Å². The molecule has 0 unspecified atom stereocenters. The van der Waals surface area contributed by atoms with Crippen molar-refractivity contribution in [2.24, 2.45) is 11.5 Å². The number of unbranched alkanes of at least 4 members (excludes halogenated alkanes) is 1. The average molecular weight is 247 g/mol. The summed E-state index contributed by atoms with van der Waals surface area (Å²) in [5.41, 5.74) is 10.4. The lowest BCUT2D eigenvalue weighted by Gasteiger charge is -2.13. The molecule has 1 atom stereocenters. The minimum Gasteiger partial charge on any atom is -0.480 e. The lowest BCUT2D eigenvalue weighted by Crippen LogP contribution is -2.29. The van der Waals surface area contributed by atoms with E-state index in [1.807, 2.05) is 0 Å². The van der Waals surface area contributed by atoms with Gasteiger partial charge in [0.1, 0.15) is 6.04 Å². The van der Waals surface area contributed by atoms with Crippen LogP contribution in [0.5, 0.6) is 0 Å². The summed E-state index contributed by atoms with van der Waals surface area (Å²) >= 11 is 0. The Balaban J connectivity index is 0. The maximum Gasteiger partial charge on any atom is 0.320 e. The minimum atomic E-state index is -0.933. The number of carbonyl (C=O) groups is 1. The molecule has 0 amide bonds. The van der Waals surface area contributed by atoms with E-state index in [0.29, 0.717) is 13.0 Å². The molecule has 0 rings (SSSR count). The number of aliphatic carboxylic acids is 1. The summed E-state index contributed by atoms with van der Waals surface area (Å²) < 4.78 is 0. The second kappa shape index (κ2) is 13.4. The highest BCUT2D eigenvalue weighted by Crippen LogP contribution is 1.96. The molecule has 0 fully saturated rings. The fraction of sp³-hybridized carbons (Fsp3) is 0.917. The Morgan fingerprint density at radius 2 is 1.65 bits per heavy atom. The Bertz CT molecular complexity index is 168. The van der Waals surface area contributed by atoms with Crippen molar-refractivity contribution >= 4 is 5.97 Å². The summed E-state index contributed by atoms with van der Waals surface area (Å²) in [6, 6.07) is -0.716. The van der Waals surface area contributed by atoms with E-state index in [2.05, 4.69) is 25.7 Å². The zero-order valence-corrected chi connectivity index (χ0v) is 11.5. The summed E-state index contributed by atoms with van der Waals surface area (Å²) in [5, 5.41) is 8.33. The van der Waals surface area contributed by atoms with Crippen molar-refractivity contribution in [3.63, 3.8) is 0 Å². The van der Waals surface area contributed by atoms with Gasteiger partial charge in [-0.2, -0.15) is 0 Å². The summed E-state index contributed by atoms with van der Waals surface area (Å²) in [4.78, 5) is 12.5. The molecule has 0 aromatic carbocycles. The number of nitrogens with zero attached hydrogens (tertiary/aromatic N) is 1. The first-order chi connectivity index (χ1) is 8.03. The van der Waals surface area contributed by atoms with Crippen molar-refractivity contribution in [2.45, 2.75) is 46.1 Å². The molecule has 5 N–H and O–H groups in total. The van der Waals surface area contributed by atoms with E-state index >= 15 is 0 Å². The van der Waals surface area contributed by atoms with Gasteiger partial charge in [0.15, 0.2) is 0 Å². The molecule has 0 aliphatic heterocycles. The lowest BCUT2D eigenvalue weighted by molar-refractivity contribution is -0.138. The van der Waals surface area contributed by atoms with Gasteiger partial charge in [-0.15, -0.1) is 0 Å². The quantitative estimate of drug-likeness (QED) is 0.554. The Hall–Kier alpha value is -0.650. The number of carboxylic acid groups (broad SMARTS) is 1. The molecular weight excluding hydrogens is 218 g/mol. The maximum atomic E-state index is 10.1. The first kappa shape index (κ1) is 18.7. The Kier molecular flexibility index (Phi) is 14.8. The molecule has 0 aromatic rings. The molecule has 17 heavy (non-hydrogen) atoms. The van der Waals surface area contributed by atoms with Crippen LogP contribution >= 0.6 is 0 Å². The van der Waals surface area contributed by atoms with Crippen LogP contribution < -0.4 is 11.5 Å². The predicted molar refractivity (Wildman–Crippen MR) is 72.0 cm³/mol. The van der Waals surface area contributed by atoms with Crippen molar-refractivity contribution in [3.05, 3.63) is 0 Å². The van der Waals surface area contributed by atoms with E-state index in [0.717, 1.165) is 12.8 Å². The molecule has 0 saturated heterocycles. The molecule has 5 nitrogen and oxygen atoms in total. The highest BCUT2D eigenvalue weighted by atomic mass is 16.4. The Labute approximate surface area is 105 Å². The van der Waals surface area contributed by atoms with Gasteiger partial charge in [0.2, 0.25) is 0 Å². The summed E-state index contributed by atoms with van der Waals surface area (Å²) in [6.07, 6.45) is 2.16. The third-order valence-electron chi connectivity index (χ3n) is 2.63. The monoisotopic (exact) mass is 247 g/mol. The topological polar surface area (TPSA) is 92.6 Å². The minimum absolute atomic E-state index is 0.520. The third kappa shape index (κ3) is 13.3. The van der Waals surface area contributed by atoms with Gasteiger partial charge < -0.3 is 21.5 Å². The molecule has 0 spiro atoms. The van der Waals surface area contributed by atoms with Gasteiger partial charge in [0.25, 0.3) is 0 Å². The van der Waals surface area contributed by atoms with Crippen LogP contribution in [0.25, 0.3) is 0 Å². The Morgan fingerprint density at radius 1 is 1.18 bits per heavy atom. The molecule has 104 valence electrons. The molecule has 0 bridgehead atoms. The standard InChI is InChI=1S/C6H14N2O2.C6H15N/c7-4-2-1-3-5(8)6(9)10;1-4-7(5-2)6-3/h5H,1-4,7-8H2,(H,9,10);4-6H2,1-3H3/t5-;/m0./s1. The third-order valence-corrected chi connectivity index (χ3v) is 2.63. The normalized spacial score (nSPS) is 11.9. The van der Waals surface area contributed by atoms with E-state index in [1.54, 1.807) is 0 Å². The van der Waals surface area contributed by atoms with E-state index in [1.165, 1.54) is 19.6 Å². The van der Waals surface area contributed by atoms with Gasteiger partial charge in [0, 0.05) is 0 Å². The fourth-order valence-corrected chi connectivity index (χ4v) is 1.30. The molecule has 0 aliphatic carbocycles. The highest BCUT2D eigenvalue weighted by molar-refractivity contribution is 5.72. The molecule has 0 saturated carbocycles. The van der Waals surface area contributed by atoms with Crippen LogP contribution in [-0.4, -0.2) is 48.2 Å². The number of rotatable bonds is 8. The smallest absolute Gasteiger partial charge is 0.320 e. The highest BCUT2D eigenvalue weighted by Gasteiger charge is 2.09. The van der Waals surface area contributed by atoms with Gasteiger partial charge in [-0.3, -0.25) is 4.79 Å². The SMILES string of the molecule is CCN(CC)CC.NCCCC[C@H](N)C(=O)O. The van der Waals surface area contributed by atoms with Crippen molar-refractivity contribution in [1.29, 1.82) is 0 Å². The average Bonchev–Trinajstić information content (AvgIpc) is 2.32. The van der Waals surface area contributed by atoms with Crippen molar-refractivity contribution < 1.29 is 9.90 Å². The largest absolute Gasteiger partial charge is 0.480 e. The lowest BCUT2D eigenvalue weighted by atomic mass is 10.1. The van der Waals surface area contributed by atoms with Crippen LogP contribution in [-0.2, 0) is 4.79 Å². The van der Waals surface area contributed by atoms with Crippen molar-refractivity contribution in [1.82, 2.24) is 4.90 Å². The number of nitrogens with two attached hydrogens (primary N) is 2. The van der Waals surface area contributed by atoms with Crippen LogP contribution in [0.4, 0.5) is 0 Å². The molecule has 5 heteroatoms. The molecule has 0 aromatic heterocycles. The van der Waals surface area contributed by atoms with Gasteiger partial charge in [-0.25, -0.2) is 0 Å². The summed E-state index contributed by atoms with van der Waals surface area (Å²) in [7, 11) is 0. The number of hydrogen-bond acceptors (Lipinski definition) is 4. The second-order valence-electron chi connectivity index (χ2n) is 3.85. The molecular formula is C12H29N3O2. The van der Waals surface area contributed by atoms with Gasteiger partial charge in [-0.1, -0.05) is 27.2 Å². The van der Waals surface area contributed by atoms with Gasteiger partial charge in [-0.05, 0) is 39.0 Å².